The second-order valence-electron chi connectivity index (χ2n) is 8.32. The number of aromatic nitrogens is 3. The average molecular weight is 400 g/mol. The number of pyridine rings is 1. The van der Waals surface area contributed by atoms with Crippen molar-refractivity contribution < 1.29 is 0 Å². The van der Waals surface area contributed by atoms with Gasteiger partial charge in [0.25, 0.3) is 0 Å². The Morgan fingerprint density at radius 1 is 1.23 bits per heavy atom. The Hall–Kier alpha value is -3.05. The minimum absolute atomic E-state index is 0.232. The lowest BCUT2D eigenvalue weighted by atomic mass is 10.0. The molecule has 0 saturated carbocycles. The fraction of sp³-hybridized carbons (Fsp3) is 0.320. The zero-order valence-electron chi connectivity index (χ0n) is 17.8. The summed E-state index contributed by atoms with van der Waals surface area (Å²) in [7, 11) is 0. The van der Waals surface area contributed by atoms with Crippen molar-refractivity contribution in [2.45, 2.75) is 39.3 Å². The molecular formula is C25H29N5. The Labute approximate surface area is 177 Å². The highest BCUT2D eigenvalue weighted by Crippen LogP contribution is 2.31. The molecule has 1 aromatic carbocycles. The minimum Gasteiger partial charge on any atom is -0.370 e. The molecule has 3 aromatic heterocycles. The molecule has 154 valence electrons. The van der Waals surface area contributed by atoms with Crippen LogP contribution in [0.3, 0.4) is 0 Å². The van der Waals surface area contributed by atoms with Gasteiger partial charge in [0.15, 0.2) is 0 Å². The Kier molecular flexibility index (Phi) is 4.63. The smallest absolute Gasteiger partial charge is 0.138 e. The highest BCUT2D eigenvalue weighted by Gasteiger charge is 2.20. The first-order chi connectivity index (χ1) is 14.6. The minimum atomic E-state index is 0.232. The maximum absolute atomic E-state index is 6.18. The molecule has 0 spiro atoms. The summed E-state index contributed by atoms with van der Waals surface area (Å²) in [5, 5.41) is 1.25. The van der Waals surface area contributed by atoms with Gasteiger partial charge in [-0.25, -0.2) is 4.98 Å². The van der Waals surface area contributed by atoms with Crippen LogP contribution in [-0.2, 0) is 6.54 Å². The van der Waals surface area contributed by atoms with Gasteiger partial charge < -0.3 is 19.6 Å². The van der Waals surface area contributed by atoms with Crippen molar-refractivity contribution in [3.05, 3.63) is 66.5 Å². The SMILES string of the molecule is C=C(c1ccn2c(C)c(-c3cc4ccccc4n3CC)nc2c1)N1CCCC(N)C1. The quantitative estimate of drug-likeness (QED) is 0.542. The molecule has 30 heavy (non-hydrogen) atoms. The predicted octanol–water partition coefficient (Wildman–Crippen LogP) is 4.68. The van der Waals surface area contributed by atoms with Gasteiger partial charge in [-0.15, -0.1) is 0 Å². The molecule has 0 amide bonds. The summed E-state index contributed by atoms with van der Waals surface area (Å²) in [4.78, 5) is 7.36. The lowest BCUT2D eigenvalue weighted by Crippen LogP contribution is -2.41. The maximum Gasteiger partial charge on any atom is 0.138 e. The molecule has 0 radical (unpaired) electrons. The number of hydrogen-bond donors (Lipinski definition) is 1. The lowest BCUT2D eigenvalue weighted by Gasteiger charge is -2.34. The Morgan fingerprint density at radius 3 is 2.87 bits per heavy atom. The normalized spacial score (nSPS) is 17.2. The van der Waals surface area contributed by atoms with Crippen LogP contribution < -0.4 is 5.73 Å². The molecule has 1 saturated heterocycles. The van der Waals surface area contributed by atoms with E-state index in [1.165, 1.54) is 16.6 Å². The molecule has 0 bridgehead atoms. The van der Waals surface area contributed by atoms with E-state index in [4.69, 9.17) is 10.7 Å². The van der Waals surface area contributed by atoms with Crippen molar-refractivity contribution in [2.24, 2.45) is 5.73 Å². The third-order valence-corrected chi connectivity index (χ3v) is 6.41. The van der Waals surface area contributed by atoms with Crippen LogP contribution in [0.15, 0.2) is 55.2 Å². The molecule has 1 atom stereocenters. The number of hydrogen-bond acceptors (Lipinski definition) is 3. The van der Waals surface area contributed by atoms with Gasteiger partial charge in [-0.3, -0.25) is 0 Å². The molecule has 2 N–H and O–H groups in total. The first-order valence-corrected chi connectivity index (χ1v) is 10.8. The third-order valence-electron chi connectivity index (χ3n) is 6.41. The van der Waals surface area contributed by atoms with Crippen LogP contribution in [0.1, 0.15) is 31.0 Å². The van der Waals surface area contributed by atoms with E-state index in [-0.39, 0.29) is 6.04 Å². The second kappa shape index (κ2) is 7.33. The van der Waals surface area contributed by atoms with Crippen LogP contribution in [0.5, 0.6) is 0 Å². The van der Waals surface area contributed by atoms with Gasteiger partial charge in [-0.2, -0.15) is 0 Å². The van der Waals surface area contributed by atoms with Crippen molar-refractivity contribution in [2.75, 3.05) is 13.1 Å². The topological polar surface area (TPSA) is 51.5 Å². The van der Waals surface area contributed by atoms with Crippen LogP contribution in [0, 0.1) is 6.92 Å². The predicted molar refractivity (Wildman–Crippen MR) is 124 cm³/mol. The Bertz CT molecular complexity index is 1250. The van der Waals surface area contributed by atoms with E-state index in [0.717, 1.165) is 60.8 Å². The number of nitrogens with zero attached hydrogens (tertiary/aromatic N) is 4. The summed E-state index contributed by atoms with van der Waals surface area (Å²) >= 11 is 0. The summed E-state index contributed by atoms with van der Waals surface area (Å²) in [6.45, 7) is 11.5. The van der Waals surface area contributed by atoms with E-state index in [0.29, 0.717) is 0 Å². The summed E-state index contributed by atoms with van der Waals surface area (Å²) in [6.07, 6.45) is 4.33. The van der Waals surface area contributed by atoms with Crippen LogP contribution in [-0.4, -0.2) is 38.0 Å². The number of para-hydroxylation sites is 1. The van der Waals surface area contributed by atoms with E-state index >= 15 is 0 Å². The molecule has 5 nitrogen and oxygen atoms in total. The largest absolute Gasteiger partial charge is 0.370 e. The number of piperidine rings is 1. The first kappa shape index (κ1) is 18.9. The zero-order valence-corrected chi connectivity index (χ0v) is 17.8. The fourth-order valence-electron chi connectivity index (χ4n) is 4.77. The lowest BCUT2D eigenvalue weighted by molar-refractivity contribution is 0.296. The Morgan fingerprint density at radius 2 is 2.07 bits per heavy atom. The molecule has 4 aromatic rings. The highest BCUT2D eigenvalue weighted by atomic mass is 15.2. The zero-order chi connectivity index (χ0) is 20.8. The van der Waals surface area contributed by atoms with E-state index in [2.05, 4.69) is 83.0 Å². The molecule has 0 aliphatic carbocycles. The summed E-state index contributed by atoms with van der Waals surface area (Å²) in [5.41, 5.74) is 13.9. The van der Waals surface area contributed by atoms with Gasteiger partial charge in [0, 0.05) is 59.7 Å². The van der Waals surface area contributed by atoms with Crippen molar-refractivity contribution in [3.8, 4) is 11.4 Å². The van der Waals surface area contributed by atoms with Crippen LogP contribution in [0.4, 0.5) is 0 Å². The molecule has 1 aliphatic rings. The fourth-order valence-corrected chi connectivity index (χ4v) is 4.77. The van der Waals surface area contributed by atoms with Crippen molar-refractivity contribution in [1.29, 1.82) is 0 Å². The average Bonchev–Trinajstić information content (AvgIpc) is 3.30. The van der Waals surface area contributed by atoms with Crippen molar-refractivity contribution in [3.63, 3.8) is 0 Å². The maximum atomic E-state index is 6.18. The van der Waals surface area contributed by atoms with E-state index < -0.39 is 0 Å². The van der Waals surface area contributed by atoms with Gasteiger partial charge in [-0.05, 0) is 51.0 Å². The number of nitrogens with two attached hydrogens (primary N) is 1. The van der Waals surface area contributed by atoms with Crippen molar-refractivity contribution in [1.82, 2.24) is 18.9 Å². The molecule has 1 fully saturated rings. The van der Waals surface area contributed by atoms with Gasteiger partial charge >= 0.3 is 0 Å². The summed E-state index contributed by atoms with van der Waals surface area (Å²) in [6, 6.07) is 15.3. The van der Waals surface area contributed by atoms with E-state index in [1.807, 2.05) is 0 Å². The number of imidazole rings is 1. The van der Waals surface area contributed by atoms with Crippen LogP contribution in [0.25, 0.3) is 33.6 Å². The number of fused-ring (bicyclic) bond motifs is 2. The third kappa shape index (κ3) is 3.01. The van der Waals surface area contributed by atoms with Gasteiger partial charge in [0.2, 0.25) is 0 Å². The molecule has 5 rings (SSSR count). The number of aryl methyl sites for hydroxylation is 2. The van der Waals surface area contributed by atoms with Crippen LogP contribution >= 0.6 is 0 Å². The van der Waals surface area contributed by atoms with Crippen molar-refractivity contribution >= 4 is 22.2 Å². The van der Waals surface area contributed by atoms with E-state index in [1.54, 1.807) is 0 Å². The highest BCUT2D eigenvalue weighted by molar-refractivity contribution is 5.87. The monoisotopic (exact) mass is 399 g/mol. The van der Waals surface area contributed by atoms with E-state index in [9.17, 15) is 0 Å². The molecule has 1 aliphatic heterocycles. The molecule has 4 heterocycles. The summed E-state index contributed by atoms with van der Waals surface area (Å²) < 4.78 is 4.52. The van der Waals surface area contributed by atoms with Gasteiger partial charge in [0.05, 0.1) is 5.69 Å². The van der Waals surface area contributed by atoms with Gasteiger partial charge in [-0.1, -0.05) is 24.8 Å². The first-order valence-electron chi connectivity index (χ1n) is 10.8. The summed E-state index contributed by atoms with van der Waals surface area (Å²) in [5.74, 6) is 0. The second-order valence-corrected chi connectivity index (χ2v) is 8.32. The Balaban J connectivity index is 1.57. The molecule has 5 heteroatoms. The van der Waals surface area contributed by atoms with Crippen LogP contribution in [0.2, 0.25) is 0 Å². The molecule has 1 unspecified atom stereocenters. The molecular weight excluding hydrogens is 370 g/mol. The number of rotatable bonds is 4. The number of benzene rings is 1. The standard InChI is InChI=1S/C25H29N5/c1-4-29-22-10-6-5-8-20(22)14-23(29)25-18(3)30-13-11-19(15-24(30)27-25)17(2)28-12-7-9-21(26)16-28/h5-6,8,10-11,13-15,21H,2,4,7,9,12,16,26H2,1,3H3. The number of likely N-dealkylation sites (tertiary alicyclic amines) is 1. The van der Waals surface area contributed by atoms with Gasteiger partial charge in [0.1, 0.15) is 11.3 Å².